The Hall–Kier alpha value is -1.52. The van der Waals surface area contributed by atoms with Gasteiger partial charge >= 0.3 is 0 Å². The van der Waals surface area contributed by atoms with Gasteiger partial charge < -0.3 is 10.6 Å². The Morgan fingerprint density at radius 2 is 2.00 bits per heavy atom. The van der Waals surface area contributed by atoms with Crippen LogP contribution < -0.4 is 10.6 Å². The van der Waals surface area contributed by atoms with Crippen LogP contribution in [0.3, 0.4) is 0 Å². The van der Waals surface area contributed by atoms with E-state index in [0.29, 0.717) is 6.04 Å². The second-order valence-electron chi connectivity index (χ2n) is 4.93. The predicted molar refractivity (Wildman–Crippen MR) is 80.4 cm³/mol. The van der Waals surface area contributed by atoms with Gasteiger partial charge in [-0.1, -0.05) is 13.8 Å². The van der Waals surface area contributed by atoms with Crippen molar-refractivity contribution in [2.45, 2.75) is 53.1 Å². The number of aryl methyl sites for hydroxylation is 2. The third kappa shape index (κ3) is 3.98. The summed E-state index contributed by atoms with van der Waals surface area (Å²) in [7, 11) is 3.81. The first-order valence-electron chi connectivity index (χ1n) is 7.04. The van der Waals surface area contributed by atoms with Gasteiger partial charge in [0.25, 0.3) is 0 Å². The molecule has 19 heavy (non-hydrogen) atoms. The maximum atomic E-state index is 4.58. The number of guanidine groups is 1. The van der Waals surface area contributed by atoms with Crippen LogP contribution in [0, 0.1) is 0 Å². The van der Waals surface area contributed by atoms with Gasteiger partial charge in [0.05, 0.1) is 5.69 Å². The van der Waals surface area contributed by atoms with Gasteiger partial charge in [0.1, 0.15) is 0 Å². The number of hydrogen-bond donors (Lipinski definition) is 2. The summed E-state index contributed by atoms with van der Waals surface area (Å²) in [6.45, 7) is 9.29. The van der Waals surface area contributed by atoms with E-state index in [9.17, 15) is 0 Å². The molecule has 1 heterocycles. The topological polar surface area (TPSA) is 54.2 Å². The highest BCUT2D eigenvalue weighted by atomic mass is 15.3. The molecule has 0 aromatic carbocycles. The van der Waals surface area contributed by atoms with E-state index in [-0.39, 0.29) is 0 Å². The minimum Gasteiger partial charge on any atom is -0.354 e. The number of aliphatic imine (C=N–C) groups is 1. The monoisotopic (exact) mass is 265 g/mol. The van der Waals surface area contributed by atoms with Crippen LogP contribution in [-0.4, -0.2) is 28.8 Å². The molecule has 0 aliphatic carbocycles. The molecule has 0 bridgehead atoms. The zero-order valence-corrected chi connectivity index (χ0v) is 13.0. The molecule has 0 unspecified atom stereocenters. The minimum absolute atomic E-state index is 0.372. The summed E-state index contributed by atoms with van der Waals surface area (Å²) in [6.07, 6.45) is 1.96. The molecule has 0 spiro atoms. The zero-order valence-electron chi connectivity index (χ0n) is 13.0. The van der Waals surface area contributed by atoms with Gasteiger partial charge in [-0.25, -0.2) is 0 Å². The summed E-state index contributed by atoms with van der Waals surface area (Å²) >= 11 is 0. The van der Waals surface area contributed by atoms with E-state index in [2.05, 4.69) is 48.4 Å². The average molecular weight is 265 g/mol. The smallest absolute Gasteiger partial charge is 0.191 e. The zero-order chi connectivity index (χ0) is 14.4. The molecule has 0 atom stereocenters. The summed E-state index contributed by atoms with van der Waals surface area (Å²) in [5.74, 6) is 0.836. The van der Waals surface area contributed by atoms with Crippen LogP contribution in [0.15, 0.2) is 4.99 Å². The van der Waals surface area contributed by atoms with Crippen molar-refractivity contribution >= 4 is 5.96 Å². The molecule has 1 aromatic heterocycles. The molecule has 0 aliphatic rings. The Labute approximate surface area is 116 Å². The van der Waals surface area contributed by atoms with Gasteiger partial charge in [-0.15, -0.1) is 0 Å². The molecule has 0 amide bonds. The molecule has 108 valence electrons. The first-order chi connectivity index (χ1) is 9.03. The van der Waals surface area contributed by atoms with E-state index in [1.165, 1.54) is 17.0 Å². The highest BCUT2D eigenvalue weighted by Crippen LogP contribution is 2.15. The number of hydrogen-bond acceptors (Lipinski definition) is 2. The normalized spacial score (nSPS) is 12.1. The van der Waals surface area contributed by atoms with Crippen molar-refractivity contribution in [3.63, 3.8) is 0 Å². The second-order valence-corrected chi connectivity index (χ2v) is 4.93. The van der Waals surface area contributed by atoms with Crippen LogP contribution in [0.4, 0.5) is 0 Å². The lowest BCUT2D eigenvalue weighted by Gasteiger charge is -2.15. The largest absolute Gasteiger partial charge is 0.354 e. The van der Waals surface area contributed by atoms with E-state index in [4.69, 9.17) is 0 Å². The van der Waals surface area contributed by atoms with E-state index < -0.39 is 0 Å². The summed E-state index contributed by atoms with van der Waals surface area (Å²) < 4.78 is 1.99. The molecular formula is C14H27N5. The van der Waals surface area contributed by atoms with E-state index in [0.717, 1.165) is 25.3 Å². The standard InChI is InChI=1S/C14H27N5/c1-7-12-11(13(8-2)19(6)18-12)9-16-14(15-5)17-10(3)4/h10H,7-9H2,1-6H3,(H2,15,16,17). The predicted octanol–water partition coefficient (Wildman–Crippen LogP) is 1.62. The minimum atomic E-state index is 0.372. The van der Waals surface area contributed by atoms with Crippen molar-refractivity contribution in [3.05, 3.63) is 17.0 Å². The van der Waals surface area contributed by atoms with Crippen LogP contribution in [0.1, 0.15) is 44.6 Å². The number of nitrogens with zero attached hydrogens (tertiary/aromatic N) is 3. The molecule has 5 heteroatoms. The maximum Gasteiger partial charge on any atom is 0.191 e. The molecule has 0 aliphatic heterocycles. The Morgan fingerprint density at radius 1 is 1.32 bits per heavy atom. The fourth-order valence-electron chi connectivity index (χ4n) is 2.23. The van der Waals surface area contributed by atoms with Crippen LogP contribution in [-0.2, 0) is 26.4 Å². The molecule has 0 fully saturated rings. The highest BCUT2D eigenvalue weighted by molar-refractivity contribution is 5.79. The van der Waals surface area contributed by atoms with E-state index in [1.807, 2.05) is 11.7 Å². The van der Waals surface area contributed by atoms with E-state index in [1.54, 1.807) is 7.05 Å². The number of rotatable bonds is 5. The fraction of sp³-hybridized carbons (Fsp3) is 0.714. The quantitative estimate of drug-likeness (QED) is 0.628. The molecule has 0 saturated carbocycles. The molecule has 5 nitrogen and oxygen atoms in total. The first-order valence-corrected chi connectivity index (χ1v) is 7.04. The van der Waals surface area contributed by atoms with Crippen LogP contribution in [0.5, 0.6) is 0 Å². The maximum absolute atomic E-state index is 4.58. The van der Waals surface area contributed by atoms with Crippen LogP contribution in [0.25, 0.3) is 0 Å². The molecule has 0 saturated heterocycles. The van der Waals surface area contributed by atoms with Crippen molar-refractivity contribution in [3.8, 4) is 0 Å². The van der Waals surface area contributed by atoms with Crippen molar-refractivity contribution in [1.29, 1.82) is 0 Å². The lowest BCUT2D eigenvalue weighted by Crippen LogP contribution is -2.40. The Bertz CT molecular complexity index is 431. The molecule has 0 radical (unpaired) electrons. The molecule has 2 N–H and O–H groups in total. The molecule has 1 aromatic rings. The lowest BCUT2D eigenvalue weighted by molar-refractivity contribution is 0.692. The van der Waals surface area contributed by atoms with Crippen molar-refractivity contribution < 1.29 is 0 Å². The van der Waals surface area contributed by atoms with Gasteiger partial charge in [-0.2, -0.15) is 5.10 Å². The number of aromatic nitrogens is 2. The summed E-state index contributed by atoms with van der Waals surface area (Å²) in [5, 5.41) is 11.2. The Morgan fingerprint density at radius 3 is 2.47 bits per heavy atom. The molecule has 1 rings (SSSR count). The fourth-order valence-corrected chi connectivity index (χ4v) is 2.23. The van der Waals surface area contributed by atoms with Gasteiger partial charge in [0.15, 0.2) is 5.96 Å². The second kappa shape index (κ2) is 7.16. The Balaban J connectivity index is 2.81. The average Bonchev–Trinajstić information content (AvgIpc) is 2.69. The highest BCUT2D eigenvalue weighted by Gasteiger charge is 2.13. The van der Waals surface area contributed by atoms with Gasteiger partial charge in [0, 0.05) is 37.9 Å². The van der Waals surface area contributed by atoms with Crippen LogP contribution in [0.2, 0.25) is 0 Å². The summed E-state index contributed by atoms with van der Waals surface area (Å²) in [4.78, 5) is 4.23. The molecular weight excluding hydrogens is 238 g/mol. The summed E-state index contributed by atoms with van der Waals surface area (Å²) in [5.41, 5.74) is 3.77. The third-order valence-corrected chi connectivity index (χ3v) is 3.11. The summed E-state index contributed by atoms with van der Waals surface area (Å²) in [6, 6.07) is 0.372. The van der Waals surface area contributed by atoms with Crippen LogP contribution >= 0.6 is 0 Å². The van der Waals surface area contributed by atoms with Gasteiger partial charge in [0.2, 0.25) is 0 Å². The van der Waals surface area contributed by atoms with Crippen molar-refractivity contribution in [2.24, 2.45) is 12.0 Å². The van der Waals surface area contributed by atoms with Crippen molar-refractivity contribution in [2.75, 3.05) is 7.05 Å². The van der Waals surface area contributed by atoms with Crippen molar-refractivity contribution in [1.82, 2.24) is 20.4 Å². The third-order valence-electron chi connectivity index (χ3n) is 3.11. The Kier molecular flexibility index (Phi) is 5.86. The number of nitrogens with one attached hydrogen (secondary N) is 2. The SMILES string of the molecule is CCc1nn(C)c(CC)c1CNC(=NC)NC(C)C. The van der Waals surface area contributed by atoms with Gasteiger partial charge in [-0.05, 0) is 26.7 Å². The first kappa shape index (κ1) is 15.5. The lowest BCUT2D eigenvalue weighted by atomic mass is 10.1. The van der Waals surface area contributed by atoms with Gasteiger partial charge in [-0.3, -0.25) is 9.67 Å². The van der Waals surface area contributed by atoms with E-state index >= 15 is 0 Å².